The van der Waals surface area contributed by atoms with E-state index in [0.29, 0.717) is 0 Å². The number of carbonyl (C=O) groups excluding carboxylic acids is 2. The summed E-state index contributed by atoms with van der Waals surface area (Å²) in [5.74, 6) is -0.403. The third kappa shape index (κ3) is 2.24. The van der Waals surface area contributed by atoms with Crippen molar-refractivity contribution in [1.82, 2.24) is 10.6 Å². The maximum absolute atomic E-state index is 11.2. The van der Waals surface area contributed by atoms with Gasteiger partial charge in [0.25, 0.3) is 5.91 Å². The number of hydrogen-bond acceptors (Lipinski definition) is 2. The molecule has 15 heavy (non-hydrogen) atoms. The smallest absolute Gasteiger partial charge is 0.303 e. The van der Waals surface area contributed by atoms with Gasteiger partial charge in [-0.15, -0.1) is 0 Å². The van der Waals surface area contributed by atoms with Crippen molar-refractivity contribution >= 4 is 33.9 Å². The minimum atomic E-state index is -0.485. The first kappa shape index (κ1) is 9.92. The van der Waals surface area contributed by atoms with Crippen molar-refractivity contribution in [3.8, 4) is 0 Å². The van der Waals surface area contributed by atoms with Crippen LogP contribution in [-0.2, 0) is 4.79 Å². The molecule has 0 atom stereocenters. The van der Waals surface area contributed by atoms with E-state index in [1.165, 1.54) is 0 Å². The first-order chi connectivity index (χ1) is 7.15. The Morgan fingerprint density at radius 2 is 2.00 bits per heavy atom. The minimum Gasteiger partial charge on any atom is -0.303 e. The number of halogens is 1. The number of amides is 3. The summed E-state index contributed by atoms with van der Waals surface area (Å²) in [5.41, 5.74) is 1.11. The van der Waals surface area contributed by atoms with Crippen LogP contribution in [0.4, 0.5) is 4.79 Å². The van der Waals surface area contributed by atoms with E-state index in [1.54, 1.807) is 6.08 Å². The molecule has 0 radical (unpaired) electrons. The highest BCUT2D eigenvalue weighted by Crippen LogP contribution is 2.14. The second kappa shape index (κ2) is 3.86. The number of carbonyl (C=O) groups is 2. The van der Waals surface area contributed by atoms with Crippen LogP contribution in [0.3, 0.4) is 0 Å². The number of hydrogen-bond donors (Lipinski definition) is 2. The first-order valence-corrected chi connectivity index (χ1v) is 5.04. The molecule has 0 spiro atoms. The van der Waals surface area contributed by atoms with Gasteiger partial charge in [-0.25, -0.2) is 4.79 Å². The number of urea groups is 1. The Balaban J connectivity index is 2.31. The van der Waals surface area contributed by atoms with Gasteiger partial charge >= 0.3 is 6.03 Å². The van der Waals surface area contributed by atoms with Gasteiger partial charge in [0.15, 0.2) is 0 Å². The Bertz CT molecular complexity index is 468. The lowest BCUT2D eigenvalue weighted by Crippen LogP contribution is -2.22. The lowest BCUT2D eigenvalue weighted by atomic mass is 10.2. The number of imide groups is 1. The van der Waals surface area contributed by atoms with Crippen LogP contribution in [0, 0.1) is 0 Å². The van der Waals surface area contributed by atoms with Gasteiger partial charge in [0.2, 0.25) is 0 Å². The zero-order chi connectivity index (χ0) is 10.8. The standard InChI is InChI=1S/C10H7BrN2O2/c11-7-3-1-2-6(4-7)5-8-9(14)13-10(15)12-8/h1-5H,(H2,12,13,14,15)/b8-5+. The Hall–Kier alpha value is -1.62. The van der Waals surface area contributed by atoms with Crippen LogP contribution in [0.5, 0.6) is 0 Å². The maximum atomic E-state index is 11.2. The van der Waals surface area contributed by atoms with Crippen LogP contribution < -0.4 is 10.6 Å². The molecule has 3 amide bonds. The van der Waals surface area contributed by atoms with Gasteiger partial charge in [0.05, 0.1) is 0 Å². The molecular weight excluding hydrogens is 260 g/mol. The molecule has 1 aliphatic heterocycles. The van der Waals surface area contributed by atoms with Crippen molar-refractivity contribution in [2.45, 2.75) is 0 Å². The molecule has 0 saturated carbocycles. The van der Waals surface area contributed by atoms with Crippen molar-refractivity contribution in [3.05, 3.63) is 40.0 Å². The van der Waals surface area contributed by atoms with Gasteiger partial charge < -0.3 is 5.32 Å². The molecule has 0 unspecified atom stereocenters. The zero-order valence-corrected chi connectivity index (χ0v) is 9.17. The van der Waals surface area contributed by atoms with E-state index < -0.39 is 11.9 Å². The van der Waals surface area contributed by atoms with Crippen molar-refractivity contribution in [2.75, 3.05) is 0 Å². The van der Waals surface area contributed by atoms with E-state index in [2.05, 4.69) is 26.6 Å². The predicted octanol–water partition coefficient (Wildman–Crippen LogP) is 1.63. The third-order valence-electron chi connectivity index (χ3n) is 1.88. The van der Waals surface area contributed by atoms with Gasteiger partial charge in [0.1, 0.15) is 5.70 Å². The topological polar surface area (TPSA) is 58.2 Å². The van der Waals surface area contributed by atoms with E-state index in [1.807, 2.05) is 24.3 Å². The minimum absolute atomic E-state index is 0.262. The molecule has 2 N–H and O–H groups in total. The summed E-state index contributed by atoms with van der Waals surface area (Å²) in [6, 6.07) is 6.95. The molecule has 76 valence electrons. The fourth-order valence-electron chi connectivity index (χ4n) is 1.25. The lowest BCUT2D eigenvalue weighted by molar-refractivity contribution is -0.115. The largest absolute Gasteiger partial charge is 0.326 e. The molecule has 1 fully saturated rings. The summed E-state index contributed by atoms with van der Waals surface area (Å²) in [5, 5.41) is 4.55. The lowest BCUT2D eigenvalue weighted by Gasteiger charge is -1.96. The highest BCUT2D eigenvalue weighted by atomic mass is 79.9. The molecule has 2 rings (SSSR count). The quantitative estimate of drug-likeness (QED) is 0.600. The monoisotopic (exact) mass is 266 g/mol. The van der Waals surface area contributed by atoms with E-state index in [4.69, 9.17) is 0 Å². The first-order valence-electron chi connectivity index (χ1n) is 4.25. The number of benzene rings is 1. The molecule has 0 bridgehead atoms. The van der Waals surface area contributed by atoms with Crippen LogP contribution in [0.25, 0.3) is 6.08 Å². The van der Waals surface area contributed by atoms with Crippen LogP contribution in [0.1, 0.15) is 5.56 Å². The summed E-state index contributed by atoms with van der Waals surface area (Å²) in [4.78, 5) is 22.0. The summed E-state index contributed by atoms with van der Waals surface area (Å²) in [6.07, 6.45) is 1.62. The summed E-state index contributed by atoms with van der Waals surface area (Å²) in [6.45, 7) is 0. The van der Waals surface area contributed by atoms with Crippen LogP contribution >= 0.6 is 15.9 Å². The fraction of sp³-hybridized carbons (Fsp3) is 0. The number of rotatable bonds is 1. The molecule has 1 saturated heterocycles. The second-order valence-corrected chi connectivity index (χ2v) is 3.94. The Morgan fingerprint density at radius 3 is 2.60 bits per heavy atom. The summed E-state index contributed by atoms with van der Waals surface area (Å²) < 4.78 is 0.918. The Labute approximate surface area is 94.5 Å². The van der Waals surface area contributed by atoms with E-state index in [-0.39, 0.29) is 5.70 Å². The molecule has 1 heterocycles. The van der Waals surface area contributed by atoms with Gasteiger partial charge in [-0.05, 0) is 23.8 Å². The highest BCUT2D eigenvalue weighted by molar-refractivity contribution is 9.10. The summed E-state index contributed by atoms with van der Waals surface area (Å²) in [7, 11) is 0. The van der Waals surface area contributed by atoms with E-state index >= 15 is 0 Å². The van der Waals surface area contributed by atoms with Crippen LogP contribution in [0.2, 0.25) is 0 Å². The Kier molecular flexibility index (Phi) is 2.55. The molecule has 1 aliphatic rings. The normalized spacial score (nSPS) is 17.8. The van der Waals surface area contributed by atoms with Gasteiger partial charge in [0, 0.05) is 4.47 Å². The van der Waals surface area contributed by atoms with Gasteiger partial charge in [-0.3, -0.25) is 10.1 Å². The molecule has 5 heteroatoms. The molecule has 0 aromatic heterocycles. The van der Waals surface area contributed by atoms with E-state index in [0.717, 1.165) is 10.0 Å². The predicted molar refractivity (Wildman–Crippen MR) is 58.8 cm³/mol. The van der Waals surface area contributed by atoms with E-state index in [9.17, 15) is 9.59 Å². The second-order valence-electron chi connectivity index (χ2n) is 3.02. The molecule has 1 aromatic rings. The van der Waals surface area contributed by atoms with Crippen LogP contribution in [-0.4, -0.2) is 11.9 Å². The van der Waals surface area contributed by atoms with Crippen molar-refractivity contribution in [3.63, 3.8) is 0 Å². The number of nitrogens with one attached hydrogen (secondary N) is 2. The molecule has 1 aromatic carbocycles. The highest BCUT2D eigenvalue weighted by Gasteiger charge is 2.22. The molecular formula is C10H7BrN2O2. The van der Waals surface area contributed by atoms with Crippen molar-refractivity contribution < 1.29 is 9.59 Å². The SMILES string of the molecule is O=C1NC(=O)/C(=C\c2cccc(Br)c2)N1. The van der Waals surface area contributed by atoms with Crippen LogP contribution in [0.15, 0.2) is 34.4 Å². The average Bonchev–Trinajstić information content (AvgIpc) is 2.45. The van der Waals surface area contributed by atoms with Crippen molar-refractivity contribution in [1.29, 1.82) is 0 Å². The third-order valence-corrected chi connectivity index (χ3v) is 2.37. The Morgan fingerprint density at radius 1 is 1.20 bits per heavy atom. The zero-order valence-electron chi connectivity index (χ0n) is 7.58. The van der Waals surface area contributed by atoms with Gasteiger partial charge in [-0.2, -0.15) is 0 Å². The summed E-state index contributed by atoms with van der Waals surface area (Å²) >= 11 is 3.32. The van der Waals surface area contributed by atoms with Gasteiger partial charge in [-0.1, -0.05) is 28.1 Å². The fourth-order valence-corrected chi connectivity index (χ4v) is 1.66. The molecule has 0 aliphatic carbocycles. The van der Waals surface area contributed by atoms with Crippen molar-refractivity contribution in [2.24, 2.45) is 0 Å². The maximum Gasteiger partial charge on any atom is 0.326 e. The molecule has 4 nitrogen and oxygen atoms in total. The average molecular weight is 267 g/mol.